The lowest BCUT2D eigenvalue weighted by Gasteiger charge is -2.00. The molecule has 0 unspecified atom stereocenters. The number of benzene rings is 1. The van der Waals surface area contributed by atoms with Gasteiger partial charge in [-0.25, -0.2) is 4.39 Å². The van der Waals surface area contributed by atoms with Gasteiger partial charge in [0.1, 0.15) is 5.82 Å². The van der Waals surface area contributed by atoms with E-state index in [4.69, 9.17) is 0 Å². The Kier molecular flexibility index (Phi) is 1.66. The molecule has 0 radical (unpaired) electrons. The van der Waals surface area contributed by atoms with Gasteiger partial charge in [0, 0.05) is 18.2 Å². The van der Waals surface area contributed by atoms with E-state index in [2.05, 4.69) is 11.1 Å². The van der Waals surface area contributed by atoms with Gasteiger partial charge in [-0.1, -0.05) is 6.07 Å². The van der Waals surface area contributed by atoms with E-state index in [1.807, 2.05) is 19.2 Å². The second kappa shape index (κ2) is 2.89. The highest BCUT2D eigenvalue weighted by molar-refractivity contribution is 5.73. The molecule has 1 aliphatic rings. The molecule has 1 heterocycles. The van der Waals surface area contributed by atoms with Gasteiger partial charge in [0.25, 0.3) is 0 Å². The van der Waals surface area contributed by atoms with Crippen molar-refractivity contribution in [3.63, 3.8) is 0 Å². The Morgan fingerprint density at radius 3 is 2.93 bits per heavy atom. The van der Waals surface area contributed by atoms with Gasteiger partial charge in [0.2, 0.25) is 0 Å². The molecular formula is C13H10FN. The molecule has 0 spiro atoms. The van der Waals surface area contributed by atoms with Crippen molar-refractivity contribution in [1.82, 2.24) is 4.98 Å². The molecule has 1 aromatic heterocycles. The Balaban J connectivity index is 2.24. The van der Waals surface area contributed by atoms with Crippen molar-refractivity contribution in [3.05, 3.63) is 53.0 Å². The van der Waals surface area contributed by atoms with Crippen LogP contribution in [0.15, 0.2) is 30.5 Å². The molecule has 0 atom stereocenters. The molecule has 1 nitrogen and oxygen atoms in total. The van der Waals surface area contributed by atoms with Crippen LogP contribution in [0.25, 0.3) is 11.3 Å². The van der Waals surface area contributed by atoms with Crippen LogP contribution < -0.4 is 0 Å². The molecule has 2 aromatic rings. The molecule has 1 aliphatic carbocycles. The number of aryl methyl sites for hydroxylation is 1. The van der Waals surface area contributed by atoms with Crippen molar-refractivity contribution in [3.8, 4) is 11.3 Å². The normalized spacial score (nSPS) is 12.4. The van der Waals surface area contributed by atoms with E-state index in [1.54, 1.807) is 6.07 Å². The summed E-state index contributed by atoms with van der Waals surface area (Å²) in [6.45, 7) is 2.02. The first kappa shape index (κ1) is 8.60. The second-order valence-corrected chi connectivity index (χ2v) is 4.00. The van der Waals surface area contributed by atoms with Crippen LogP contribution in [-0.4, -0.2) is 4.98 Å². The molecule has 3 rings (SSSR count). The number of nitrogens with zero attached hydrogens (tertiary/aromatic N) is 1. The third-order valence-corrected chi connectivity index (χ3v) is 2.81. The van der Waals surface area contributed by atoms with E-state index in [1.165, 1.54) is 11.6 Å². The largest absolute Gasteiger partial charge is 0.256 e. The number of fused-ring (bicyclic) bond motifs is 3. The molecule has 1 aromatic carbocycles. The van der Waals surface area contributed by atoms with E-state index >= 15 is 0 Å². The number of aromatic nitrogens is 1. The van der Waals surface area contributed by atoms with Crippen LogP contribution in [0.5, 0.6) is 0 Å². The Morgan fingerprint density at radius 2 is 2.07 bits per heavy atom. The summed E-state index contributed by atoms with van der Waals surface area (Å²) >= 11 is 0. The zero-order valence-corrected chi connectivity index (χ0v) is 8.42. The number of hydrogen-bond donors (Lipinski definition) is 0. The lowest BCUT2D eigenvalue weighted by molar-refractivity contribution is 0.626. The fourth-order valence-corrected chi connectivity index (χ4v) is 2.15. The van der Waals surface area contributed by atoms with Gasteiger partial charge in [-0.2, -0.15) is 0 Å². The summed E-state index contributed by atoms with van der Waals surface area (Å²) in [6, 6.07) is 7.04. The highest BCUT2D eigenvalue weighted by Crippen LogP contribution is 2.35. The van der Waals surface area contributed by atoms with Gasteiger partial charge < -0.3 is 0 Å². The fourth-order valence-electron chi connectivity index (χ4n) is 2.15. The van der Waals surface area contributed by atoms with E-state index in [0.29, 0.717) is 0 Å². The predicted octanol–water partition coefficient (Wildman–Crippen LogP) is 3.10. The van der Waals surface area contributed by atoms with E-state index in [9.17, 15) is 4.39 Å². The maximum Gasteiger partial charge on any atom is 0.123 e. The predicted molar refractivity (Wildman–Crippen MR) is 57.2 cm³/mol. The number of hydrogen-bond acceptors (Lipinski definition) is 1. The summed E-state index contributed by atoms with van der Waals surface area (Å²) in [7, 11) is 0. The SMILES string of the molecule is Cc1cnc2c(c1)Cc1cc(F)ccc1-2. The van der Waals surface area contributed by atoms with Crippen molar-refractivity contribution in [2.24, 2.45) is 0 Å². The monoisotopic (exact) mass is 199 g/mol. The highest BCUT2D eigenvalue weighted by Gasteiger charge is 2.19. The van der Waals surface area contributed by atoms with Crippen LogP contribution in [0.2, 0.25) is 0 Å². The van der Waals surface area contributed by atoms with Gasteiger partial charge in [0.15, 0.2) is 0 Å². The Hall–Kier alpha value is -1.70. The molecule has 0 amide bonds. The minimum absolute atomic E-state index is 0.168. The smallest absolute Gasteiger partial charge is 0.123 e. The van der Waals surface area contributed by atoms with Crippen LogP contribution in [0, 0.1) is 12.7 Å². The van der Waals surface area contributed by atoms with Gasteiger partial charge in [0.05, 0.1) is 5.69 Å². The van der Waals surface area contributed by atoms with E-state index in [0.717, 1.165) is 28.8 Å². The third kappa shape index (κ3) is 1.25. The summed E-state index contributed by atoms with van der Waals surface area (Å²) in [4.78, 5) is 4.41. The average Bonchev–Trinajstić information content (AvgIpc) is 2.53. The second-order valence-electron chi connectivity index (χ2n) is 4.00. The van der Waals surface area contributed by atoms with E-state index < -0.39 is 0 Å². The first-order valence-corrected chi connectivity index (χ1v) is 4.98. The quantitative estimate of drug-likeness (QED) is 0.542. The van der Waals surface area contributed by atoms with Gasteiger partial charge >= 0.3 is 0 Å². The summed E-state index contributed by atoms with van der Waals surface area (Å²) in [5.74, 6) is -0.168. The molecule has 0 fully saturated rings. The fraction of sp³-hybridized carbons (Fsp3) is 0.154. The van der Waals surface area contributed by atoms with Crippen molar-refractivity contribution in [2.75, 3.05) is 0 Å². The minimum atomic E-state index is -0.168. The van der Waals surface area contributed by atoms with Crippen molar-refractivity contribution in [1.29, 1.82) is 0 Å². The lowest BCUT2D eigenvalue weighted by Crippen LogP contribution is -1.85. The average molecular weight is 199 g/mol. The first-order valence-electron chi connectivity index (χ1n) is 4.98. The highest BCUT2D eigenvalue weighted by atomic mass is 19.1. The molecule has 0 N–H and O–H groups in total. The molecule has 0 saturated carbocycles. The van der Waals surface area contributed by atoms with E-state index in [-0.39, 0.29) is 5.82 Å². The summed E-state index contributed by atoms with van der Waals surface area (Å²) in [5, 5.41) is 0. The molecule has 15 heavy (non-hydrogen) atoms. The maximum atomic E-state index is 13.0. The Morgan fingerprint density at radius 1 is 1.20 bits per heavy atom. The number of pyridine rings is 1. The Bertz CT molecular complexity index is 497. The molecule has 74 valence electrons. The molecule has 2 heteroatoms. The standard InChI is InChI=1S/C13H10FN/c1-8-4-10-5-9-6-11(14)2-3-12(9)13(10)15-7-8/h2-4,6-7H,5H2,1H3. The van der Waals surface area contributed by atoms with Gasteiger partial charge in [-0.05, 0) is 41.8 Å². The molecule has 0 aliphatic heterocycles. The number of halogens is 1. The lowest BCUT2D eigenvalue weighted by atomic mass is 10.1. The molecule has 0 saturated heterocycles. The topological polar surface area (TPSA) is 12.9 Å². The van der Waals surface area contributed by atoms with Crippen LogP contribution >= 0.6 is 0 Å². The summed E-state index contributed by atoms with van der Waals surface area (Å²) in [6.07, 6.45) is 2.66. The van der Waals surface area contributed by atoms with Gasteiger partial charge in [-0.15, -0.1) is 0 Å². The van der Waals surface area contributed by atoms with Crippen molar-refractivity contribution >= 4 is 0 Å². The number of rotatable bonds is 0. The van der Waals surface area contributed by atoms with Gasteiger partial charge in [-0.3, -0.25) is 4.98 Å². The molecule has 0 bridgehead atoms. The maximum absolute atomic E-state index is 13.0. The first-order chi connectivity index (χ1) is 7.24. The van der Waals surface area contributed by atoms with Crippen LogP contribution in [0.4, 0.5) is 4.39 Å². The Labute approximate surface area is 87.6 Å². The van der Waals surface area contributed by atoms with Crippen molar-refractivity contribution < 1.29 is 4.39 Å². The summed E-state index contributed by atoms with van der Waals surface area (Å²) < 4.78 is 13.0. The van der Waals surface area contributed by atoms with Crippen LogP contribution in [-0.2, 0) is 6.42 Å². The molecular weight excluding hydrogens is 189 g/mol. The summed E-state index contributed by atoms with van der Waals surface area (Å²) in [5.41, 5.74) is 5.49. The zero-order chi connectivity index (χ0) is 10.4. The van der Waals surface area contributed by atoms with Crippen LogP contribution in [0.1, 0.15) is 16.7 Å². The third-order valence-electron chi connectivity index (χ3n) is 2.81. The zero-order valence-electron chi connectivity index (χ0n) is 8.42. The van der Waals surface area contributed by atoms with Crippen molar-refractivity contribution in [2.45, 2.75) is 13.3 Å². The van der Waals surface area contributed by atoms with Crippen LogP contribution in [0.3, 0.4) is 0 Å². The minimum Gasteiger partial charge on any atom is -0.256 e.